The number of amides is 2. The number of hydrogen-bond donors (Lipinski definition) is 1. The molecule has 1 fully saturated rings. The molecule has 1 saturated heterocycles. The van der Waals surface area contributed by atoms with E-state index in [0.29, 0.717) is 25.2 Å². The van der Waals surface area contributed by atoms with Crippen molar-refractivity contribution in [1.82, 2.24) is 15.1 Å². The Morgan fingerprint density at radius 1 is 1.07 bits per heavy atom. The van der Waals surface area contributed by atoms with E-state index in [-0.39, 0.29) is 24.3 Å². The molecular formula is C22H26BrN3O2. The van der Waals surface area contributed by atoms with Gasteiger partial charge in [0, 0.05) is 42.8 Å². The van der Waals surface area contributed by atoms with Crippen molar-refractivity contribution < 1.29 is 9.59 Å². The summed E-state index contributed by atoms with van der Waals surface area (Å²) in [6, 6.07) is 17.4. The highest BCUT2D eigenvalue weighted by Crippen LogP contribution is 2.19. The molecule has 1 heterocycles. The van der Waals surface area contributed by atoms with Crippen molar-refractivity contribution in [3.63, 3.8) is 0 Å². The molecule has 0 radical (unpaired) electrons. The summed E-state index contributed by atoms with van der Waals surface area (Å²) in [5.41, 5.74) is 1.75. The Balaban J connectivity index is 1.77. The molecule has 1 N–H and O–H groups in total. The summed E-state index contributed by atoms with van der Waals surface area (Å²) in [5, 5.41) is 3.25. The summed E-state index contributed by atoms with van der Waals surface area (Å²) in [6.45, 7) is 5.66. The van der Waals surface area contributed by atoms with Gasteiger partial charge in [-0.1, -0.05) is 53.2 Å². The van der Waals surface area contributed by atoms with Gasteiger partial charge in [0.2, 0.25) is 5.91 Å². The quantitative estimate of drug-likeness (QED) is 0.745. The monoisotopic (exact) mass is 443 g/mol. The smallest absolute Gasteiger partial charge is 0.254 e. The van der Waals surface area contributed by atoms with Gasteiger partial charge in [-0.25, -0.2) is 0 Å². The molecule has 0 unspecified atom stereocenters. The summed E-state index contributed by atoms with van der Waals surface area (Å²) in [6.07, 6.45) is 0. The van der Waals surface area contributed by atoms with E-state index in [9.17, 15) is 9.59 Å². The van der Waals surface area contributed by atoms with E-state index >= 15 is 0 Å². The number of nitrogens with one attached hydrogen (secondary N) is 1. The van der Waals surface area contributed by atoms with Crippen LogP contribution in [0, 0.1) is 0 Å². The molecule has 0 saturated carbocycles. The van der Waals surface area contributed by atoms with E-state index in [4.69, 9.17) is 0 Å². The lowest BCUT2D eigenvalue weighted by atomic mass is 10.0. The van der Waals surface area contributed by atoms with E-state index in [0.717, 1.165) is 23.1 Å². The average Bonchev–Trinajstić information content (AvgIpc) is 2.74. The summed E-state index contributed by atoms with van der Waals surface area (Å²) in [4.78, 5) is 29.5. The molecule has 3 rings (SSSR count). The first-order valence-electron chi connectivity index (χ1n) is 9.63. The molecule has 2 aromatic carbocycles. The first-order chi connectivity index (χ1) is 13.5. The van der Waals surface area contributed by atoms with E-state index in [1.807, 2.05) is 35.2 Å². The van der Waals surface area contributed by atoms with Crippen LogP contribution in [0.15, 0.2) is 59.1 Å². The molecule has 0 spiro atoms. The summed E-state index contributed by atoms with van der Waals surface area (Å²) < 4.78 is 0.921. The molecule has 5 nitrogen and oxygen atoms in total. The highest BCUT2D eigenvalue weighted by molar-refractivity contribution is 9.10. The predicted octanol–water partition coefficient (Wildman–Crippen LogP) is 3.13. The Hall–Kier alpha value is -2.18. The van der Waals surface area contributed by atoms with Gasteiger partial charge >= 0.3 is 0 Å². The first kappa shape index (κ1) is 20.6. The van der Waals surface area contributed by atoms with Crippen molar-refractivity contribution in [2.24, 2.45) is 0 Å². The van der Waals surface area contributed by atoms with Gasteiger partial charge < -0.3 is 15.1 Å². The van der Waals surface area contributed by atoms with Gasteiger partial charge in [-0.3, -0.25) is 9.59 Å². The normalized spacial score (nSPS) is 15.1. The van der Waals surface area contributed by atoms with Crippen LogP contribution in [0.1, 0.15) is 28.8 Å². The third kappa shape index (κ3) is 5.42. The van der Waals surface area contributed by atoms with E-state index in [2.05, 4.69) is 40.3 Å². The zero-order chi connectivity index (χ0) is 19.9. The molecule has 6 heteroatoms. The maximum Gasteiger partial charge on any atom is 0.254 e. The minimum absolute atomic E-state index is 0.00669. The molecule has 2 aromatic rings. The van der Waals surface area contributed by atoms with Crippen molar-refractivity contribution >= 4 is 27.7 Å². The van der Waals surface area contributed by atoms with Gasteiger partial charge in [-0.15, -0.1) is 0 Å². The Bertz CT molecular complexity index is 789. The molecule has 1 aliphatic heterocycles. The van der Waals surface area contributed by atoms with Crippen LogP contribution in [-0.2, 0) is 4.79 Å². The second kappa shape index (κ2) is 9.85. The standard InChI is InChI=1S/C22H26BrN3O2/c1-17(18-5-3-2-4-6-18)15-26(16-21(27)25-13-11-24-12-14-25)22(28)19-7-9-20(23)10-8-19/h2-10,17,24H,11-16H2,1H3/t17-/m1/s1. The predicted molar refractivity (Wildman–Crippen MR) is 114 cm³/mol. The Morgan fingerprint density at radius 3 is 2.36 bits per heavy atom. The lowest BCUT2D eigenvalue weighted by Crippen LogP contribution is -2.50. The van der Waals surface area contributed by atoms with E-state index in [1.54, 1.807) is 17.0 Å². The zero-order valence-corrected chi connectivity index (χ0v) is 17.7. The van der Waals surface area contributed by atoms with Crippen molar-refractivity contribution in [2.45, 2.75) is 12.8 Å². The fourth-order valence-corrected chi connectivity index (χ4v) is 3.65. The van der Waals surface area contributed by atoms with Crippen LogP contribution in [0.4, 0.5) is 0 Å². The van der Waals surface area contributed by atoms with Gasteiger partial charge in [0.05, 0.1) is 0 Å². The number of piperazine rings is 1. The van der Waals surface area contributed by atoms with Gasteiger partial charge in [-0.05, 0) is 35.7 Å². The molecule has 1 aliphatic rings. The number of carbonyl (C=O) groups excluding carboxylic acids is 2. The van der Waals surface area contributed by atoms with Crippen LogP contribution in [0.5, 0.6) is 0 Å². The maximum atomic E-state index is 13.2. The minimum atomic E-state index is -0.112. The Morgan fingerprint density at radius 2 is 1.71 bits per heavy atom. The molecular weight excluding hydrogens is 418 g/mol. The topological polar surface area (TPSA) is 52.7 Å². The first-order valence-corrected chi connectivity index (χ1v) is 10.4. The number of benzene rings is 2. The summed E-state index contributed by atoms with van der Waals surface area (Å²) in [5.74, 6) is 0.0300. The molecule has 0 bridgehead atoms. The number of hydrogen-bond acceptors (Lipinski definition) is 3. The average molecular weight is 444 g/mol. The van der Waals surface area contributed by atoms with Crippen LogP contribution in [0.3, 0.4) is 0 Å². The maximum absolute atomic E-state index is 13.2. The van der Waals surface area contributed by atoms with Crippen molar-refractivity contribution in [2.75, 3.05) is 39.3 Å². The number of halogens is 1. The van der Waals surface area contributed by atoms with Crippen molar-refractivity contribution in [3.8, 4) is 0 Å². The summed E-state index contributed by atoms with van der Waals surface area (Å²) in [7, 11) is 0. The lowest BCUT2D eigenvalue weighted by Gasteiger charge is -2.31. The Labute approximate surface area is 174 Å². The van der Waals surface area contributed by atoms with E-state index < -0.39 is 0 Å². The molecule has 0 aliphatic carbocycles. The van der Waals surface area contributed by atoms with Crippen LogP contribution < -0.4 is 5.32 Å². The lowest BCUT2D eigenvalue weighted by molar-refractivity contribution is -0.132. The molecule has 2 amide bonds. The fraction of sp³-hybridized carbons (Fsp3) is 0.364. The zero-order valence-electron chi connectivity index (χ0n) is 16.1. The van der Waals surface area contributed by atoms with Gasteiger partial charge in [0.1, 0.15) is 6.54 Å². The third-order valence-corrected chi connectivity index (χ3v) is 5.57. The molecule has 1 atom stereocenters. The summed E-state index contributed by atoms with van der Waals surface area (Å²) >= 11 is 3.40. The van der Waals surface area contributed by atoms with E-state index in [1.165, 1.54) is 0 Å². The minimum Gasteiger partial charge on any atom is -0.339 e. The highest BCUT2D eigenvalue weighted by atomic mass is 79.9. The van der Waals surface area contributed by atoms with Crippen molar-refractivity contribution in [3.05, 3.63) is 70.2 Å². The molecule has 0 aromatic heterocycles. The van der Waals surface area contributed by atoms with Crippen LogP contribution in [0.25, 0.3) is 0 Å². The second-order valence-electron chi connectivity index (χ2n) is 7.14. The van der Waals surface area contributed by atoms with Crippen LogP contribution in [0.2, 0.25) is 0 Å². The number of nitrogens with zero attached hydrogens (tertiary/aromatic N) is 2. The van der Waals surface area contributed by atoms with Crippen LogP contribution in [-0.4, -0.2) is 60.9 Å². The second-order valence-corrected chi connectivity index (χ2v) is 8.05. The number of rotatable bonds is 6. The number of carbonyl (C=O) groups is 2. The highest BCUT2D eigenvalue weighted by Gasteiger charge is 2.25. The van der Waals surface area contributed by atoms with Crippen LogP contribution >= 0.6 is 15.9 Å². The Kier molecular flexibility index (Phi) is 7.23. The third-order valence-electron chi connectivity index (χ3n) is 5.04. The molecule has 148 valence electrons. The van der Waals surface area contributed by atoms with Gasteiger partial charge in [0.25, 0.3) is 5.91 Å². The van der Waals surface area contributed by atoms with Crippen molar-refractivity contribution in [1.29, 1.82) is 0 Å². The van der Waals surface area contributed by atoms with Gasteiger partial charge in [-0.2, -0.15) is 0 Å². The van der Waals surface area contributed by atoms with Gasteiger partial charge in [0.15, 0.2) is 0 Å². The fourth-order valence-electron chi connectivity index (χ4n) is 3.39. The SMILES string of the molecule is C[C@H](CN(CC(=O)N1CCNCC1)C(=O)c1ccc(Br)cc1)c1ccccc1. The molecule has 28 heavy (non-hydrogen) atoms. The largest absolute Gasteiger partial charge is 0.339 e.